The predicted molar refractivity (Wildman–Crippen MR) is 101 cm³/mol. The molecule has 0 fully saturated rings. The van der Waals surface area contributed by atoms with Gasteiger partial charge in [-0.3, -0.25) is 4.40 Å². The van der Waals surface area contributed by atoms with E-state index in [-0.39, 0.29) is 0 Å². The number of benzene rings is 1. The van der Waals surface area contributed by atoms with Crippen LogP contribution in [0.1, 0.15) is 27.0 Å². The lowest BCUT2D eigenvalue weighted by Crippen LogP contribution is -2.00. The van der Waals surface area contributed by atoms with Crippen molar-refractivity contribution in [3.05, 3.63) is 75.6 Å². The highest BCUT2D eigenvalue weighted by molar-refractivity contribution is 7.11. The number of rotatable bonds is 5. The van der Waals surface area contributed by atoms with Gasteiger partial charge in [0.15, 0.2) is 5.65 Å². The fraction of sp³-hybridized carbons (Fsp3) is 0.211. The molecule has 0 saturated carbocycles. The molecule has 3 aromatic heterocycles. The van der Waals surface area contributed by atoms with Crippen molar-refractivity contribution >= 4 is 22.7 Å². The monoisotopic (exact) mass is 349 g/mol. The van der Waals surface area contributed by atoms with Crippen LogP contribution in [-0.4, -0.2) is 19.6 Å². The summed E-state index contributed by atoms with van der Waals surface area (Å²) in [6.07, 6.45) is 2.76. The molecule has 3 heterocycles. The molecule has 126 valence electrons. The Balaban J connectivity index is 1.44. The number of fused-ring (bicyclic) bond motifs is 1. The van der Waals surface area contributed by atoms with Crippen LogP contribution in [0.2, 0.25) is 0 Å². The van der Waals surface area contributed by atoms with E-state index in [1.165, 1.54) is 10.4 Å². The largest absolute Gasteiger partial charge is 0.380 e. The Morgan fingerprint density at radius 3 is 2.64 bits per heavy atom. The molecule has 25 heavy (non-hydrogen) atoms. The topological polar surface area (TPSA) is 55.1 Å². The van der Waals surface area contributed by atoms with Gasteiger partial charge >= 0.3 is 0 Å². The van der Waals surface area contributed by atoms with Crippen LogP contribution in [0.25, 0.3) is 5.65 Å². The number of anilines is 1. The van der Waals surface area contributed by atoms with Gasteiger partial charge in [-0.05, 0) is 43.7 Å². The molecule has 0 aliphatic heterocycles. The van der Waals surface area contributed by atoms with Crippen molar-refractivity contribution in [3.63, 3.8) is 0 Å². The maximum Gasteiger partial charge on any atom is 0.160 e. The zero-order valence-corrected chi connectivity index (χ0v) is 15.0. The second-order valence-corrected chi connectivity index (χ2v) is 7.30. The van der Waals surface area contributed by atoms with Crippen molar-refractivity contribution < 1.29 is 0 Å². The van der Waals surface area contributed by atoms with Gasteiger partial charge in [0.2, 0.25) is 0 Å². The van der Waals surface area contributed by atoms with E-state index in [2.05, 4.69) is 51.7 Å². The quantitative estimate of drug-likeness (QED) is 0.591. The van der Waals surface area contributed by atoms with Crippen molar-refractivity contribution in [2.24, 2.45) is 0 Å². The van der Waals surface area contributed by atoms with E-state index in [1.54, 1.807) is 11.3 Å². The average Bonchev–Trinajstić information content (AvgIpc) is 3.17. The fourth-order valence-corrected chi connectivity index (χ4v) is 3.73. The van der Waals surface area contributed by atoms with E-state index >= 15 is 0 Å². The highest BCUT2D eigenvalue weighted by Crippen LogP contribution is 2.19. The standard InChI is InChI=1S/C19H19N5S/c1-13-17(25-14(2)21-13)12-20-16-8-6-15(7-9-16)11-19-23-22-18-5-3-4-10-24(18)19/h3-10,20H,11-12H2,1-2H3. The molecule has 0 aliphatic rings. The van der Waals surface area contributed by atoms with E-state index in [9.17, 15) is 0 Å². The first-order chi connectivity index (χ1) is 12.2. The zero-order valence-electron chi connectivity index (χ0n) is 14.2. The van der Waals surface area contributed by atoms with Crippen LogP contribution in [0.15, 0.2) is 48.7 Å². The van der Waals surface area contributed by atoms with Crippen LogP contribution in [-0.2, 0) is 13.0 Å². The lowest BCUT2D eigenvalue weighted by Gasteiger charge is -2.07. The van der Waals surface area contributed by atoms with E-state index in [1.807, 2.05) is 35.7 Å². The number of aryl methyl sites for hydroxylation is 2. The van der Waals surface area contributed by atoms with Gasteiger partial charge in [0, 0.05) is 23.2 Å². The number of aromatic nitrogens is 4. The Bertz CT molecular complexity index is 1000. The van der Waals surface area contributed by atoms with Gasteiger partial charge in [0.25, 0.3) is 0 Å². The molecule has 0 spiro atoms. The van der Waals surface area contributed by atoms with Gasteiger partial charge in [-0.1, -0.05) is 18.2 Å². The SMILES string of the molecule is Cc1nc(C)c(CNc2ccc(Cc3nnc4ccccn34)cc2)s1. The van der Waals surface area contributed by atoms with Gasteiger partial charge in [-0.25, -0.2) is 4.98 Å². The number of hydrogen-bond donors (Lipinski definition) is 1. The van der Waals surface area contributed by atoms with E-state index < -0.39 is 0 Å². The van der Waals surface area contributed by atoms with Crippen molar-refractivity contribution in [3.8, 4) is 0 Å². The summed E-state index contributed by atoms with van der Waals surface area (Å²) < 4.78 is 2.03. The summed E-state index contributed by atoms with van der Waals surface area (Å²) in [5.41, 5.74) is 4.32. The summed E-state index contributed by atoms with van der Waals surface area (Å²) >= 11 is 1.75. The Labute approximate surface area is 150 Å². The molecule has 4 aromatic rings. The summed E-state index contributed by atoms with van der Waals surface area (Å²) in [5.74, 6) is 0.951. The van der Waals surface area contributed by atoms with Gasteiger partial charge in [-0.15, -0.1) is 21.5 Å². The van der Waals surface area contributed by atoms with Gasteiger partial charge < -0.3 is 5.32 Å². The Morgan fingerprint density at radius 2 is 1.88 bits per heavy atom. The summed E-state index contributed by atoms with van der Waals surface area (Å²) in [7, 11) is 0. The van der Waals surface area contributed by atoms with Gasteiger partial charge in [0.05, 0.1) is 17.2 Å². The second kappa shape index (κ2) is 6.64. The third-order valence-electron chi connectivity index (χ3n) is 4.15. The molecule has 0 saturated heterocycles. The lowest BCUT2D eigenvalue weighted by atomic mass is 10.1. The number of nitrogens with zero attached hydrogens (tertiary/aromatic N) is 4. The molecule has 0 radical (unpaired) electrons. The Hall–Kier alpha value is -2.73. The minimum atomic E-state index is 0.763. The van der Waals surface area contributed by atoms with Crippen molar-refractivity contribution in [1.82, 2.24) is 19.6 Å². The van der Waals surface area contributed by atoms with Crippen LogP contribution >= 0.6 is 11.3 Å². The summed E-state index contributed by atoms with van der Waals surface area (Å²) in [6.45, 7) is 4.92. The molecular weight excluding hydrogens is 330 g/mol. The van der Waals surface area contributed by atoms with Crippen molar-refractivity contribution in [2.45, 2.75) is 26.8 Å². The Kier molecular flexibility index (Phi) is 4.19. The maximum atomic E-state index is 4.47. The first-order valence-corrected chi connectivity index (χ1v) is 9.05. The van der Waals surface area contributed by atoms with Crippen LogP contribution in [0.5, 0.6) is 0 Å². The number of pyridine rings is 1. The van der Waals surface area contributed by atoms with Gasteiger partial charge in [-0.2, -0.15) is 0 Å². The highest BCUT2D eigenvalue weighted by Gasteiger charge is 2.07. The van der Waals surface area contributed by atoms with Crippen LogP contribution in [0.4, 0.5) is 5.69 Å². The number of thiazole rings is 1. The molecule has 0 aliphatic carbocycles. The lowest BCUT2D eigenvalue weighted by molar-refractivity contribution is 0.934. The molecule has 6 heteroatoms. The third-order valence-corrected chi connectivity index (χ3v) is 5.23. The Morgan fingerprint density at radius 1 is 1.04 bits per heavy atom. The molecule has 0 bridgehead atoms. The minimum Gasteiger partial charge on any atom is -0.380 e. The minimum absolute atomic E-state index is 0.763. The third kappa shape index (κ3) is 3.39. The zero-order chi connectivity index (χ0) is 17.2. The second-order valence-electron chi connectivity index (χ2n) is 6.01. The molecular formula is C19H19N5S. The smallest absolute Gasteiger partial charge is 0.160 e. The number of hydrogen-bond acceptors (Lipinski definition) is 5. The summed E-state index contributed by atoms with van der Waals surface area (Å²) in [4.78, 5) is 5.76. The van der Waals surface area contributed by atoms with E-state index in [0.29, 0.717) is 0 Å². The predicted octanol–water partition coefficient (Wildman–Crippen LogP) is 4.01. The first kappa shape index (κ1) is 15.8. The molecule has 0 unspecified atom stereocenters. The van der Waals surface area contributed by atoms with E-state index in [4.69, 9.17) is 0 Å². The number of nitrogens with one attached hydrogen (secondary N) is 1. The van der Waals surface area contributed by atoms with Crippen molar-refractivity contribution in [2.75, 3.05) is 5.32 Å². The molecule has 1 N–H and O–H groups in total. The van der Waals surface area contributed by atoms with Crippen LogP contribution in [0, 0.1) is 13.8 Å². The molecule has 5 nitrogen and oxygen atoms in total. The van der Waals surface area contributed by atoms with Gasteiger partial charge in [0.1, 0.15) is 5.82 Å². The molecule has 0 amide bonds. The highest BCUT2D eigenvalue weighted by atomic mass is 32.1. The molecule has 4 rings (SSSR count). The molecule has 1 aromatic carbocycles. The van der Waals surface area contributed by atoms with Crippen molar-refractivity contribution in [1.29, 1.82) is 0 Å². The summed E-state index contributed by atoms with van der Waals surface area (Å²) in [5, 5.41) is 13.1. The average molecular weight is 349 g/mol. The van der Waals surface area contributed by atoms with Crippen LogP contribution in [0.3, 0.4) is 0 Å². The first-order valence-electron chi connectivity index (χ1n) is 8.23. The molecule has 0 atom stereocenters. The normalized spacial score (nSPS) is 11.1. The fourth-order valence-electron chi connectivity index (χ4n) is 2.85. The van der Waals surface area contributed by atoms with Crippen LogP contribution < -0.4 is 5.32 Å². The maximum absolute atomic E-state index is 4.47. The van der Waals surface area contributed by atoms with E-state index in [0.717, 1.165) is 40.8 Å². The summed E-state index contributed by atoms with van der Waals surface area (Å²) in [6, 6.07) is 14.4.